The predicted octanol–water partition coefficient (Wildman–Crippen LogP) is 4.54. The van der Waals surface area contributed by atoms with Crippen molar-refractivity contribution >= 4 is 0 Å². The molecule has 0 amide bonds. The fourth-order valence-electron chi connectivity index (χ4n) is 2.27. The molecule has 21 heavy (non-hydrogen) atoms. The van der Waals surface area contributed by atoms with E-state index >= 15 is 0 Å². The molecule has 0 radical (unpaired) electrons. The van der Waals surface area contributed by atoms with Gasteiger partial charge in [0.1, 0.15) is 24.3 Å². The molecule has 0 saturated carbocycles. The van der Waals surface area contributed by atoms with Crippen LogP contribution in [0, 0.1) is 13.8 Å². The lowest BCUT2D eigenvalue weighted by molar-refractivity contribution is 0.304. The highest BCUT2D eigenvalue weighted by atomic mass is 16.5. The fraction of sp³-hybridized carbons (Fsp3) is 0.167. The lowest BCUT2D eigenvalue weighted by Gasteiger charge is -2.12. The van der Waals surface area contributed by atoms with E-state index in [1.807, 2.05) is 24.3 Å². The smallest absolute Gasteiger partial charge is 0.124 e. The van der Waals surface area contributed by atoms with E-state index in [1.165, 1.54) is 5.56 Å². The van der Waals surface area contributed by atoms with E-state index in [4.69, 9.17) is 9.26 Å². The van der Waals surface area contributed by atoms with Crippen LogP contribution in [0.4, 0.5) is 0 Å². The number of rotatable bonds is 4. The maximum atomic E-state index is 5.98. The van der Waals surface area contributed by atoms with Crippen LogP contribution >= 0.6 is 0 Å². The Morgan fingerprint density at radius 2 is 1.90 bits per heavy atom. The summed E-state index contributed by atoms with van der Waals surface area (Å²) < 4.78 is 10.9. The van der Waals surface area contributed by atoms with E-state index in [0.29, 0.717) is 6.61 Å². The molecule has 3 aromatic rings. The van der Waals surface area contributed by atoms with Crippen LogP contribution < -0.4 is 4.74 Å². The molecule has 0 spiro atoms. The minimum Gasteiger partial charge on any atom is -0.489 e. The summed E-state index contributed by atoms with van der Waals surface area (Å²) in [5.74, 6) is 0.921. The van der Waals surface area contributed by atoms with E-state index in [1.54, 1.807) is 6.26 Å². The van der Waals surface area contributed by atoms with E-state index in [2.05, 4.69) is 43.3 Å². The largest absolute Gasteiger partial charge is 0.489 e. The van der Waals surface area contributed by atoms with E-state index in [0.717, 1.165) is 28.1 Å². The first-order valence-corrected chi connectivity index (χ1v) is 6.93. The van der Waals surface area contributed by atoms with Crippen LogP contribution in [-0.4, -0.2) is 5.16 Å². The van der Waals surface area contributed by atoms with Crippen LogP contribution in [0.3, 0.4) is 0 Å². The Bertz CT molecular complexity index is 733. The summed E-state index contributed by atoms with van der Waals surface area (Å²) in [7, 11) is 0. The first-order valence-electron chi connectivity index (χ1n) is 6.93. The van der Waals surface area contributed by atoms with Gasteiger partial charge in [-0.2, -0.15) is 0 Å². The molecule has 0 atom stereocenters. The van der Waals surface area contributed by atoms with Gasteiger partial charge in [-0.1, -0.05) is 41.6 Å². The molecule has 0 N–H and O–H groups in total. The molecule has 3 heteroatoms. The number of hydrogen-bond acceptors (Lipinski definition) is 3. The summed E-state index contributed by atoms with van der Waals surface area (Å²) in [4.78, 5) is 0. The van der Waals surface area contributed by atoms with Crippen molar-refractivity contribution < 1.29 is 9.26 Å². The molecular weight excluding hydrogens is 262 g/mol. The van der Waals surface area contributed by atoms with Crippen LogP contribution in [0.1, 0.15) is 16.7 Å². The van der Waals surface area contributed by atoms with Crippen molar-refractivity contribution in [2.24, 2.45) is 0 Å². The molecule has 0 fully saturated rings. The third-order valence-corrected chi connectivity index (χ3v) is 3.46. The van der Waals surface area contributed by atoms with Crippen LogP contribution in [-0.2, 0) is 6.61 Å². The number of hydrogen-bond donors (Lipinski definition) is 0. The number of aryl methyl sites for hydroxylation is 2. The average Bonchev–Trinajstić information content (AvgIpc) is 3.03. The first-order chi connectivity index (χ1) is 10.2. The third kappa shape index (κ3) is 2.97. The van der Waals surface area contributed by atoms with Crippen molar-refractivity contribution in [1.82, 2.24) is 5.16 Å². The second-order valence-electron chi connectivity index (χ2n) is 5.10. The van der Waals surface area contributed by atoms with Gasteiger partial charge in [0.05, 0.1) is 0 Å². The van der Waals surface area contributed by atoms with Gasteiger partial charge in [-0.25, -0.2) is 0 Å². The number of benzene rings is 2. The maximum Gasteiger partial charge on any atom is 0.124 e. The Labute approximate surface area is 124 Å². The Morgan fingerprint density at radius 3 is 2.71 bits per heavy atom. The zero-order chi connectivity index (χ0) is 14.7. The van der Waals surface area contributed by atoms with Crippen LogP contribution in [0.15, 0.2) is 59.3 Å². The van der Waals surface area contributed by atoms with E-state index in [-0.39, 0.29) is 0 Å². The SMILES string of the molecule is Cc1ccc(C)c(OCc2ccccc2-c2ccon2)c1. The number of ether oxygens (including phenoxy) is 1. The molecule has 1 aromatic heterocycles. The molecule has 3 rings (SSSR count). The summed E-state index contributed by atoms with van der Waals surface area (Å²) in [5, 5.41) is 4.00. The molecule has 0 unspecified atom stereocenters. The van der Waals surface area contributed by atoms with Gasteiger partial charge in [0.25, 0.3) is 0 Å². The monoisotopic (exact) mass is 279 g/mol. The van der Waals surface area contributed by atoms with Crippen LogP contribution in [0.2, 0.25) is 0 Å². The molecule has 0 aliphatic rings. The number of nitrogens with zero attached hydrogens (tertiary/aromatic N) is 1. The van der Waals surface area contributed by atoms with Crippen molar-refractivity contribution in [2.45, 2.75) is 20.5 Å². The minimum absolute atomic E-state index is 0.507. The summed E-state index contributed by atoms with van der Waals surface area (Å²) in [5.41, 5.74) is 5.29. The standard InChI is InChI=1S/C18H17NO2/c1-13-7-8-14(2)18(11-13)20-12-15-5-3-4-6-16(15)17-9-10-21-19-17/h3-11H,12H2,1-2H3. The van der Waals surface area contributed by atoms with Gasteiger partial charge in [-0.05, 0) is 36.6 Å². The Balaban J connectivity index is 1.84. The highest BCUT2D eigenvalue weighted by Gasteiger charge is 2.08. The average molecular weight is 279 g/mol. The van der Waals surface area contributed by atoms with Gasteiger partial charge >= 0.3 is 0 Å². The van der Waals surface area contributed by atoms with E-state index < -0.39 is 0 Å². The predicted molar refractivity (Wildman–Crippen MR) is 82.2 cm³/mol. The fourth-order valence-corrected chi connectivity index (χ4v) is 2.27. The maximum absolute atomic E-state index is 5.98. The van der Waals surface area contributed by atoms with Crippen LogP contribution in [0.5, 0.6) is 5.75 Å². The minimum atomic E-state index is 0.507. The van der Waals surface area contributed by atoms with Gasteiger partial charge in [-0.15, -0.1) is 0 Å². The number of aromatic nitrogens is 1. The van der Waals surface area contributed by atoms with Crippen LogP contribution in [0.25, 0.3) is 11.3 Å². The molecular formula is C18H17NO2. The second kappa shape index (κ2) is 5.83. The Kier molecular flexibility index (Phi) is 3.73. The molecule has 1 heterocycles. The molecule has 0 aliphatic carbocycles. The van der Waals surface area contributed by atoms with Crippen molar-refractivity contribution in [3.8, 4) is 17.0 Å². The zero-order valence-corrected chi connectivity index (χ0v) is 12.2. The highest BCUT2D eigenvalue weighted by Crippen LogP contribution is 2.25. The lowest BCUT2D eigenvalue weighted by atomic mass is 10.1. The Morgan fingerprint density at radius 1 is 1.05 bits per heavy atom. The summed E-state index contributed by atoms with van der Waals surface area (Å²) >= 11 is 0. The second-order valence-corrected chi connectivity index (χ2v) is 5.10. The van der Waals surface area contributed by atoms with Gasteiger partial charge in [0, 0.05) is 11.6 Å². The summed E-state index contributed by atoms with van der Waals surface area (Å²) in [6, 6.07) is 16.2. The Hall–Kier alpha value is -2.55. The molecule has 106 valence electrons. The van der Waals surface area contributed by atoms with Gasteiger partial charge in [-0.3, -0.25) is 0 Å². The normalized spacial score (nSPS) is 10.6. The third-order valence-electron chi connectivity index (χ3n) is 3.46. The van der Waals surface area contributed by atoms with Crippen molar-refractivity contribution in [3.05, 3.63) is 71.5 Å². The van der Waals surface area contributed by atoms with E-state index in [9.17, 15) is 0 Å². The lowest BCUT2D eigenvalue weighted by Crippen LogP contribution is -1.99. The summed E-state index contributed by atoms with van der Waals surface area (Å²) in [6.07, 6.45) is 1.58. The topological polar surface area (TPSA) is 35.3 Å². The van der Waals surface area contributed by atoms with Gasteiger partial charge in [0.15, 0.2) is 0 Å². The quantitative estimate of drug-likeness (QED) is 0.703. The highest BCUT2D eigenvalue weighted by molar-refractivity contribution is 5.62. The molecule has 0 bridgehead atoms. The molecule has 2 aromatic carbocycles. The zero-order valence-electron chi connectivity index (χ0n) is 12.2. The molecule has 0 aliphatic heterocycles. The molecule has 3 nitrogen and oxygen atoms in total. The first kappa shape index (κ1) is 13.4. The van der Waals surface area contributed by atoms with Crippen molar-refractivity contribution in [1.29, 1.82) is 0 Å². The van der Waals surface area contributed by atoms with Crippen molar-refractivity contribution in [3.63, 3.8) is 0 Å². The van der Waals surface area contributed by atoms with Crippen molar-refractivity contribution in [2.75, 3.05) is 0 Å². The van der Waals surface area contributed by atoms with Gasteiger partial charge < -0.3 is 9.26 Å². The summed E-state index contributed by atoms with van der Waals surface area (Å²) in [6.45, 7) is 4.63. The molecule has 0 saturated heterocycles. The van der Waals surface area contributed by atoms with Gasteiger partial charge in [0.2, 0.25) is 0 Å².